The summed E-state index contributed by atoms with van der Waals surface area (Å²) in [5.41, 5.74) is 2.74. The Balaban J connectivity index is 1.24. The third kappa shape index (κ3) is 10.6. The highest BCUT2D eigenvalue weighted by molar-refractivity contribution is 7.96. The number of thiol groups is 1. The van der Waals surface area contributed by atoms with Crippen LogP contribution in [0.1, 0.15) is 48.6 Å². The van der Waals surface area contributed by atoms with Crippen molar-refractivity contribution in [2.75, 3.05) is 59.2 Å². The van der Waals surface area contributed by atoms with E-state index in [2.05, 4.69) is 11.2 Å². The SMILES string of the molecule is C#CCN(C)C(=O)CN1CCN(C(=O)C(C)(C)NC(=O)CCOc2ccc(Cc3cc([C@@H]4OC(/C=[SH]\C)[C@@H](O)[C@H](O)[C@H]4O)ccc3C)cc2)CC1. The molecule has 13 heteroatoms. The number of hydrogen-bond donors (Lipinski definition) is 5. The van der Waals surface area contributed by atoms with E-state index in [0.29, 0.717) is 38.3 Å². The molecule has 2 aromatic carbocycles. The van der Waals surface area contributed by atoms with Crippen molar-refractivity contribution < 1.29 is 39.2 Å². The summed E-state index contributed by atoms with van der Waals surface area (Å²) in [5.74, 6) is 2.53. The minimum Gasteiger partial charge on any atom is -0.493 e. The highest BCUT2D eigenvalue weighted by Crippen LogP contribution is 2.33. The molecule has 4 rings (SSSR count). The summed E-state index contributed by atoms with van der Waals surface area (Å²) < 4.78 is 11.8. The number of likely N-dealkylation sites (N-methyl/N-ethyl adjacent to an activating group) is 1. The molecule has 2 fully saturated rings. The number of nitrogens with one attached hydrogen (secondary N) is 1. The lowest BCUT2D eigenvalue weighted by Crippen LogP contribution is -2.60. The largest absolute Gasteiger partial charge is 0.493 e. The maximum atomic E-state index is 13.3. The van der Waals surface area contributed by atoms with Crippen molar-refractivity contribution in [3.8, 4) is 18.1 Å². The molecular weight excluding hydrogens is 673 g/mol. The molecule has 0 spiro atoms. The molecule has 0 radical (unpaired) electrons. The van der Waals surface area contributed by atoms with Gasteiger partial charge in [-0.1, -0.05) is 36.3 Å². The van der Waals surface area contributed by atoms with Crippen LogP contribution < -0.4 is 10.1 Å². The minimum atomic E-state index is -1.33. The summed E-state index contributed by atoms with van der Waals surface area (Å²) in [6.07, 6.45) is 2.60. The van der Waals surface area contributed by atoms with Gasteiger partial charge in [-0.2, -0.15) is 0 Å². The lowest BCUT2D eigenvalue weighted by Gasteiger charge is -2.40. The molecule has 5 atom stereocenters. The highest BCUT2D eigenvalue weighted by atomic mass is 32.1. The normalized spacial score (nSPS) is 22.9. The average molecular weight is 725 g/mol. The van der Waals surface area contributed by atoms with Crippen LogP contribution in [0.15, 0.2) is 42.5 Å². The van der Waals surface area contributed by atoms with Gasteiger partial charge in [0.05, 0.1) is 26.1 Å². The number of aliphatic hydroxyl groups is 3. The fourth-order valence-electron chi connectivity index (χ4n) is 6.20. The number of carbonyl (C=O) groups excluding carboxylic acids is 3. The topological polar surface area (TPSA) is 152 Å². The number of rotatable bonds is 13. The second-order valence-corrected chi connectivity index (χ2v) is 14.5. The Hall–Kier alpha value is -3.77. The van der Waals surface area contributed by atoms with E-state index in [1.54, 1.807) is 31.2 Å². The van der Waals surface area contributed by atoms with Crippen LogP contribution in [0.25, 0.3) is 0 Å². The molecule has 12 nitrogen and oxygen atoms in total. The van der Waals surface area contributed by atoms with Crippen LogP contribution in [0.4, 0.5) is 0 Å². The first kappa shape index (κ1) is 40.0. The Morgan fingerprint density at radius 3 is 2.41 bits per heavy atom. The summed E-state index contributed by atoms with van der Waals surface area (Å²) >= 11 is 0.895. The Labute approximate surface area is 304 Å². The van der Waals surface area contributed by atoms with Gasteiger partial charge in [-0.05, 0) is 73.2 Å². The van der Waals surface area contributed by atoms with Gasteiger partial charge in [0.2, 0.25) is 17.7 Å². The number of benzene rings is 2. The third-order valence-electron chi connectivity index (χ3n) is 9.32. The van der Waals surface area contributed by atoms with E-state index >= 15 is 0 Å². The Morgan fingerprint density at radius 1 is 1.08 bits per heavy atom. The monoisotopic (exact) mass is 724 g/mol. The zero-order valence-corrected chi connectivity index (χ0v) is 31.0. The summed E-state index contributed by atoms with van der Waals surface area (Å²) in [6.45, 7) is 8.05. The lowest BCUT2D eigenvalue weighted by atomic mass is 9.89. The Kier molecular flexibility index (Phi) is 14.2. The van der Waals surface area contributed by atoms with Gasteiger partial charge in [-0.25, -0.2) is 11.4 Å². The zero-order chi connectivity index (χ0) is 37.3. The standard InChI is InChI=1S/C38H52N4O8S/c1-7-15-40(5)32(44)23-41-16-18-42(19-17-41)37(48)38(3,4)39-31(43)14-20-49-29-12-9-26(10-13-29)21-28-22-27(11-8-25(28)2)36-35(47)34(46)33(45)30(50-36)24-51-6/h1,8-13,22,24,30,33-36,45-47,51H,14-21,23H2,2-6H3,(H,39,43)/t30?,33-,34+,35-,36+/m1/s1. The number of aryl methyl sites for hydroxylation is 1. The first-order valence-electron chi connectivity index (χ1n) is 17.2. The number of hydrogen-bond acceptors (Lipinski definition) is 9. The number of nitrogens with zero attached hydrogens (tertiary/aromatic N) is 3. The van der Waals surface area contributed by atoms with E-state index in [0.717, 1.165) is 33.6 Å². The van der Waals surface area contributed by atoms with Crippen molar-refractivity contribution in [3.63, 3.8) is 0 Å². The highest BCUT2D eigenvalue weighted by Gasteiger charge is 2.43. The fourth-order valence-corrected chi connectivity index (χ4v) is 6.74. The zero-order valence-electron chi connectivity index (χ0n) is 30.1. The van der Waals surface area contributed by atoms with E-state index in [9.17, 15) is 29.7 Å². The van der Waals surface area contributed by atoms with Crippen LogP contribution in [-0.2, 0) is 25.5 Å². The average Bonchev–Trinajstić information content (AvgIpc) is 3.10. The van der Waals surface area contributed by atoms with Crippen LogP contribution in [-0.4, -0.2) is 142 Å². The Bertz CT molecular complexity index is 1590. The number of aliphatic hydroxyl groups excluding tert-OH is 3. The smallest absolute Gasteiger partial charge is 0.247 e. The van der Waals surface area contributed by atoms with E-state index in [1.165, 1.54) is 4.90 Å². The number of terminal acetylenes is 1. The third-order valence-corrected chi connectivity index (χ3v) is 9.92. The van der Waals surface area contributed by atoms with Crippen molar-refractivity contribution in [1.29, 1.82) is 0 Å². The van der Waals surface area contributed by atoms with Crippen LogP contribution in [0.3, 0.4) is 0 Å². The van der Waals surface area contributed by atoms with Gasteiger partial charge < -0.3 is 39.9 Å². The molecule has 2 aliphatic heterocycles. The second-order valence-electron chi connectivity index (χ2n) is 13.7. The summed E-state index contributed by atoms with van der Waals surface area (Å²) in [7, 11) is 1.67. The van der Waals surface area contributed by atoms with Crippen LogP contribution in [0.5, 0.6) is 5.75 Å². The molecule has 2 aliphatic rings. The molecule has 2 heterocycles. The molecule has 2 aromatic rings. The number of piperazine rings is 1. The van der Waals surface area contributed by atoms with E-state index in [-0.39, 0.29) is 43.8 Å². The van der Waals surface area contributed by atoms with Crippen LogP contribution in [0, 0.1) is 19.3 Å². The maximum Gasteiger partial charge on any atom is 0.247 e. The summed E-state index contributed by atoms with van der Waals surface area (Å²) in [5, 5.41) is 36.1. The lowest BCUT2D eigenvalue weighted by molar-refractivity contribution is -0.204. The van der Waals surface area contributed by atoms with E-state index in [4.69, 9.17) is 15.9 Å². The second kappa shape index (κ2) is 18.1. The molecule has 3 amide bonds. The molecule has 0 aromatic heterocycles. The summed E-state index contributed by atoms with van der Waals surface area (Å²) in [4.78, 5) is 43.5. The van der Waals surface area contributed by atoms with Gasteiger partial charge in [0.25, 0.3) is 0 Å². The van der Waals surface area contributed by atoms with Gasteiger partial charge in [0.1, 0.15) is 41.8 Å². The Morgan fingerprint density at radius 2 is 1.76 bits per heavy atom. The predicted octanol–water partition coefficient (Wildman–Crippen LogP) is 0.905. The van der Waals surface area contributed by atoms with Gasteiger partial charge in [-0.15, -0.1) is 6.42 Å². The molecular formula is C38H52N4O8S. The van der Waals surface area contributed by atoms with Crippen LogP contribution >= 0.6 is 11.4 Å². The van der Waals surface area contributed by atoms with Crippen LogP contribution in [0.2, 0.25) is 0 Å². The van der Waals surface area contributed by atoms with E-state index < -0.39 is 36.1 Å². The predicted molar refractivity (Wildman–Crippen MR) is 199 cm³/mol. The van der Waals surface area contributed by atoms with Gasteiger partial charge >= 0.3 is 0 Å². The molecule has 0 saturated carbocycles. The first-order chi connectivity index (χ1) is 24.2. The van der Waals surface area contributed by atoms with Crippen molar-refractivity contribution in [1.82, 2.24) is 20.0 Å². The molecule has 1 unspecified atom stereocenters. The molecule has 4 N–H and O–H groups in total. The molecule has 278 valence electrons. The van der Waals surface area contributed by atoms with Crippen molar-refractivity contribution >= 4 is 34.4 Å². The van der Waals surface area contributed by atoms with Crippen molar-refractivity contribution in [2.45, 2.75) is 69.7 Å². The minimum absolute atomic E-state index is 0.0624. The van der Waals surface area contributed by atoms with Gasteiger partial charge in [0.15, 0.2) is 0 Å². The molecule has 0 aliphatic carbocycles. The molecule has 0 bridgehead atoms. The molecule has 51 heavy (non-hydrogen) atoms. The number of amides is 3. The number of carbonyl (C=O) groups is 3. The van der Waals surface area contributed by atoms with Crippen molar-refractivity contribution in [3.05, 3.63) is 64.7 Å². The first-order valence-corrected chi connectivity index (χ1v) is 18.6. The van der Waals surface area contributed by atoms with Gasteiger partial charge in [0, 0.05) is 33.2 Å². The van der Waals surface area contributed by atoms with Crippen molar-refractivity contribution in [2.24, 2.45) is 0 Å². The maximum absolute atomic E-state index is 13.3. The van der Waals surface area contributed by atoms with E-state index in [1.807, 2.05) is 60.5 Å². The molecule has 2 saturated heterocycles. The van der Waals surface area contributed by atoms with Gasteiger partial charge in [-0.3, -0.25) is 19.3 Å². The fraction of sp³-hybridized carbons (Fsp3) is 0.526. The number of ether oxygens (including phenoxy) is 2. The summed E-state index contributed by atoms with van der Waals surface area (Å²) in [6, 6.07) is 13.4. The quantitative estimate of drug-likeness (QED) is 0.115.